The summed E-state index contributed by atoms with van der Waals surface area (Å²) >= 11 is 0. The van der Waals surface area contributed by atoms with Gasteiger partial charge in [-0.25, -0.2) is 14.8 Å². The number of rotatable bonds is 13. The summed E-state index contributed by atoms with van der Waals surface area (Å²) in [5.74, 6) is -1.22. The quantitative estimate of drug-likeness (QED) is 0.340. The number of carboxylic acids is 1. The number of aliphatic carboxylic acids is 1. The van der Waals surface area contributed by atoms with E-state index in [4.69, 9.17) is 14.5 Å². The Morgan fingerprint density at radius 1 is 1.07 bits per heavy atom. The van der Waals surface area contributed by atoms with Gasteiger partial charge in [0.15, 0.2) is 5.82 Å². The van der Waals surface area contributed by atoms with E-state index < -0.39 is 29.9 Å². The van der Waals surface area contributed by atoms with Gasteiger partial charge >= 0.3 is 12.1 Å². The smallest absolute Gasteiger partial charge is 0.409 e. The van der Waals surface area contributed by atoms with E-state index in [1.165, 1.54) is 0 Å². The van der Waals surface area contributed by atoms with Crippen molar-refractivity contribution < 1.29 is 33.8 Å². The number of aromatic nitrogens is 2. The lowest BCUT2D eigenvalue weighted by atomic mass is 10.1. The monoisotopic (exact) mass is 581 g/mol. The molecule has 3 amide bonds. The van der Waals surface area contributed by atoms with E-state index in [2.05, 4.69) is 10.3 Å². The summed E-state index contributed by atoms with van der Waals surface area (Å²) in [6, 6.07) is 9.89. The first-order valence-electron chi connectivity index (χ1n) is 14.5. The molecule has 1 aliphatic carbocycles. The minimum atomic E-state index is -1.07. The van der Waals surface area contributed by atoms with Crippen molar-refractivity contribution in [1.29, 1.82) is 0 Å². The van der Waals surface area contributed by atoms with E-state index >= 15 is 0 Å². The Morgan fingerprint density at radius 3 is 2.45 bits per heavy atom. The average Bonchev–Trinajstić information content (AvgIpc) is 3.78. The van der Waals surface area contributed by atoms with Crippen LogP contribution < -0.4 is 5.32 Å². The average molecular weight is 582 g/mol. The molecule has 3 atom stereocenters. The van der Waals surface area contributed by atoms with Gasteiger partial charge < -0.3 is 29.7 Å². The highest BCUT2D eigenvalue weighted by atomic mass is 16.6. The number of nitrogens with one attached hydrogen (secondary N) is 1. The number of hydrogen-bond donors (Lipinski definition) is 2. The summed E-state index contributed by atoms with van der Waals surface area (Å²) in [5.41, 5.74) is 1.59. The second-order valence-electron chi connectivity index (χ2n) is 10.7. The second kappa shape index (κ2) is 14.7. The lowest BCUT2D eigenvalue weighted by molar-refractivity contribution is -0.138. The normalized spacial score (nSPS) is 18.7. The van der Waals surface area contributed by atoms with Crippen LogP contribution in [0.2, 0.25) is 0 Å². The topological polar surface area (TPSA) is 151 Å². The molecule has 2 aromatic rings. The van der Waals surface area contributed by atoms with Crippen molar-refractivity contribution in [2.75, 3.05) is 46.5 Å². The van der Waals surface area contributed by atoms with Crippen molar-refractivity contribution in [3.05, 3.63) is 47.8 Å². The number of carboxylic acid groups (broad SMARTS) is 1. The SMILES string of the molecule is CCCCOC(=O)N1CCN(C(=O)[C@H](CCC(=O)O)NC(=O)c2cc([C@@H]3C[C@@H]3COC)nc(-c3ccccc3)n2)CC1. The number of benzene rings is 1. The Hall–Kier alpha value is -4.06. The first kappa shape index (κ1) is 30.9. The second-order valence-corrected chi connectivity index (χ2v) is 10.7. The zero-order valence-corrected chi connectivity index (χ0v) is 24.2. The van der Waals surface area contributed by atoms with Gasteiger partial charge in [0.05, 0.1) is 6.61 Å². The van der Waals surface area contributed by atoms with Crippen LogP contribution in [-0.2, 0) is 19.1 Å². The van der Waals surface area contributed by atoms with Crippen LogP contribution in [0.4, 0.5) is 4.79 Å². The molecular weight excluding hydrogens is 542 g/mol. The zero-order chi connectivity index (χ0) is 30.1. The number of piperazine rings is 1. The predicted octanol–water partition coefficient (Wildman–Crippen LogP) is 2.94. The molecule has 2 heterocycles. The van der Waals surface area contributed by atoms with Crippen molar-refractivity contribution in [2.24, 2.45) is 5.92 Å². The van der Waals surface area contributed by atoms with Gasteiger partial charge in [-0.3, -0.25) is 14.4 Å². The fourth-order valence-electron chi connectivity index (χ4n) is 4.98. The minimum Gasteiger partial charge on any atom is -0.481 e. The molecule has 12 heteroatoms. The Kier molecular flexibility index (Phi) is 10.8. The van der Waals surface area contributed by atoms with E-state index in [0.29, 0.717) is 25.0 Å². The van der Waals surface area contributed by atoms with Gasteiger partial charge in [0.2, 0.25) is 5.91 Å². The maximum Gasteiger partial charge on any atom is 0.409 e. The van der Waals surface area contributed by atoms with Gasteiger partial charge in [0.25, 0.3) is 5.91 Å². The number of unbranched alkanes of at least 4 members (excludes halogenated alkanes) is 1. The molecule has 0 unspecified atom stereocenters. The highest BCUT2D eigenvalue weighted by Crippen LogP contribution is 2.47. The van der Waals surface area contributed by atoms with E-state index in [-0.39, 0.29) is 50.6 Å². The van der Waals surface area contributed by atoms with Crippen molar-refractivity contribution in [3.8, 4) is 11.4 Å². The Morgan fingerprint density at radius 2 is 1.79 bits per heavy atom. The molecule has 1 saturated carbocycles. The number of ether oxygens (including phenoxy) is 2. The van der Waals surface area contributed by atoms with Gasteiger partial charge in [0, 0.05) is 63.5 Å². The first-order valence-corrected chi connectivity index (χ1v) is 14.5. The third-order valence-electron chi connectivity index (χ3n) is 7.52. The molecule has 2 N–H and O–H groups in total. The van der Waals surface area contributed by atoms with Gasteiger partial charge in [-0.1, -0.05) is 43.7 Å². The summed E-state index contributed by atoms with van der Waals surface area (Å²) in [5, 5.41) is 12.0. The molecule has 4 rings (SSSR count). The maximum atomic E-state index is 13.5. The van der Waals surface area contributed by atoms with Crippen LogP contribution in [0.3, 0.4) is 0 Å². The summed E-state index contributed by atoms with van der Waals surface area (Å²) < 4.78 is 10.6. The van der Waals surface area contributed by atoms with Crippen LogP contribution in [0.25, 0.3) is 11.4 Å². The number of carbonyl (C=O) groups is 4. The van der Waals surface area contributed by atoms with Crippen molar-refractivity contribution >= 4 is 23.9 Å². The fourth-order valence-corrected chi connectivity index (χ4v) is 4.98. The predicted molar refractivity (Wildman–Crippen MR) is 153 cm³/mol. The molecule has 0 radical (unpaired) electrons. The molecule has 226 valence electrons. The summed E-state index contributed by atoms with van der Waals surface area (Å²) in [6.45, 7) is 4.02. The standard InChI is InChI=1S/C30H39N5O7/c1-3-4-16-42-30(40)35-14-12-34(13-15-35)29(39)23(10-11-26(36)37)33-28(38)25-18-24(22-17-21(22)19-41-2)31-27(32-25)20-8-6-5-7-9-20/h5-9,18,21-23H,3-4,10-17,19H2,1-2H3,(H,33,38)(H,36,37)/t21-,22-,23+/m1/s1. The number of methoxy groups -OCH3 is 1. The molecule has 1 aromatic carbocycles. The molecule has 1 aliphatic heterocycles. The first-order chi connectivity index (χ1) is 20.3. The van der Waals surface area contributed by atoms with E-state index in [1.807, 2.05) is 37.3 Å². The van der Waals surface area contributed by atoms with Crippen molar-refractivity contribution in [2.45, 2.75) is 51.0 Å². The molecule has 0 bridgehead atoms. The number of carbonyl (C=O) groups excluding carboxylic acids is 3. The van der Waals surface area contributed by atoms with E-state index in [9.17, 15) is 24.3 Å². The number of hydrogen-bond acceptors (Lipinski definition) is 8. The Labute approximate surface area is 245 Å². The molecule has 1 saturated heterocycles. The van der Waals surface area contributed by atoms with Gasteiger partial charge in [-0.05, 0) is 31.2 Å². The van der Waals surface area contributed by atoms with Gasteiger partial charge in [-0.15, -0.1) is 0 Å². The highest BCUT2D eigenvalue weighted by molar-refractivity contribution is 5.96. The summed E-state index contributed by atoms with van der Waals surface area (Å²) in [4.78, 5) is 63.0. The third-order valence-corrected chi connectivity index (χ3v) is 7.52. The third kappa shape index (κ3) is 8.25. The number of nitrogens with zero attached hydrogens (tertiary/aromatic N) is 4. The lowest BCUT2D eigenvalue weighted by Crippen LogP contribution is -2.56. The van der Waals surface area contributed by atoms with Crippen LogP contribution >= 0.6 is 0 Å². The van der Waals surface area contributed by atoms with E-state index in [1.54, 1.807) is 23.0 Å². The Balaban J connectivity index is 1.48. The molecule has 2 fully saturated rings. The highest BCUT2D eigenvalue weighted by Gasteiger charge is 2.40. The molecule has 2 aliphatic rings. The molecule has 42 heavy (non-hydrogen) atoms. The van der Waals surface area contributed by atoms with Crippen LogP contribution in [0.15, 0.2) is 36.4 Å². The zero-order valence-electron chi connectivity index (χ0n) is 24.2. The molecule has 1 aromatic heterocycles. The molecule has 12 nitrogen and oxygen atoms in total. The summed E-state index contributed by atoms with van der Waals surface area (Å²) in [7, 11) is 1.65. The van der Waals surface area contributed by atoms with Crippen LogP contribution in [0.1, 0.15) is 61.1 Å². The van der Waals surface area contributed by atoms with Crippen LogP contribution in [0, 0.1) is 5.92 Å². The molecule has 0 spiro atoms. The minimum absolute atomic E-state index is 0.0821. The Bertz CT molecular complexity index is 1250. The lowest BCUT2D eigenvalue weighted by Gasteiger charge is -2.36. The van der Waals surface area contributed by atoms with Gasteiger partial charge in [-0.2, -0.15) is 0 Å². The largest absolute Gasteiger partial charge is 0.481 e. The van der Waals surface area contributed by atoms with Crippen LogP contribution in [0.5, 0.6) is 0 Å². The van der Waals surface area contributed by atoms with Crippen molar-refractivity contribution in [1.82, 2.24) is 25.1 Å². The van der Waals surface area contributed by atoms with Gasteiger partial charge in [0.1, 0.15) is 11.7 Å². The van der Waals surface area contributed by atoms with Crippen molar-refractivity contribution in [3.63, 3.8) is 0 Å². The summed E-state index contributed by atoms with van der Waals surface area (Å²) in [6.07, 6.45) is 1.79. The fraction of sp³-hybridized carbons (Fsp3) is 0.533. The van der Waals surface area contributed by atoms with E-state index in [0.717, 1.165) is 30.5 Å². The maximum absolute atomic E-state index is 13.5. The van der Waals surface area contributed by atoms with Crippen LogP contribution in [-0.4, -0.2) is 101 Å². The number of amides is 3. The molecular formula is C30H39N5O7.